The Hall–Kier alpha value is -1.39. The highest BCUT2D eigenvalue weighted by Gasteiger charge is 2.10. The van der Waals surface area contributed by atoms with Crippen molar-refractivity contribution in [3.05, 3.63) is 30.2 Å². The van der Waals surface area contributed by atoms with Gasteiger partial charge >= 0.3 is 0 Å². The van der Waals surface area contributed by atoms with E-state index in [-0.39, 0.29) is 6.61 Å². The van der Waals surface area contributed by atoms with E-state index in [2.05, 4.69) is 4.98 Å². The maximum Gasteiger partial charge on any atom is 0.152 e. The summed E-state index contributed by atoms with van der Waals surface area (Å²) in [5, 5.41) is 8.81. The molecule has 3 N–H and O–H groups in total. The number of aromatic nitrogens is 1. The number of hydrogen-bond donors (Lipinski definition) is 2. The molecule has 2 aromatic heterocycles. The number of nitrogens with two attached hydrogens (primary N) is 1. The van der Waals surface area contributed by atoms with Gasteiger partial charge in [-0.2, -0.15) is 0 Å². The quantitative estimate of drug-likeness (QED) is 0.714. The number of aliphatic hydroxyl groups is 1. The second-order valence-corrected chi connectivity index (χ2v) is 2.82. The molecule has 2 aromatic rings. The van der Waals surface area contributed by atoms with E-state index >= 15 is 0 Å². The lowest BCUT2D eigenvalue weighted by molar-refractivity contribution is 0.254. The van der Waals surface area contributed by atoms with Crippen molar-refractivity contribution in [3.8, 4) is 0 Å². The molecule has 0 aliphatic heterocycles. The molecule has 0 aliphatic rings. The Bertz CT molecular complexity index is 378. The molecule has 0 fully saturated rings. The van der Waals surface area contributed by atoms with Gasteiger partial charge in [0.25, 0.3) is 0 Å². The Morgan fingerprint density at radius 1 is 1.62 bits per heavy atom. The van der Waals surface area contributed by atoms with Crippen LogP contribution in [-0.2, 0) is 0 Å². The average molecular weight is 178 g/mol. The van der Waals surface area contributed by atoms with Crippen molar-refractivity contribution in [2.24, 2.45) is 5.73 Å². The number of furan rings is 1. The van der Waals surface area contributed by atoms with E-state index in [1.807, 2.05) is 6.07 Å². The van der Waals surface area contributed by atoms with Crippen LogP contribution >= 0.6 is 0 Å². The summed E-state index contributed by atoms with van der Waals surface area (Å²) in [6.45, 7) is -0.125. The van der Waals surface area contributed by atoms with Crippen molar-refractivity contribution < 1.29 is 9.52 Å². The van der Waals surface area contributed by atoms with Gasteiger partial charge in [0, 0.05) is 12.3 Å². The van der Waals surface area contributed by atoms with Gasteiger partial charge in [-0.05, 0) is 12.1 Å². The molecular weight excluding hydrogens is 168 g/mol. The van der Waals surface area contributed by atoms with Gasteiger partial charge in [-0.25, -0.2) is 0 Å². The number of hydrogen-bond acceptors (Lipinski definition) is 4. The van der Waals surface area contributed by atoms with Crippen LogP contribution in [0.25, 0.3) is 11.1 Å². The van der Waals surface area contributed by atoms with Crippen LogP contribution < -0.4 is 5.73 Å². The lowest BCUT2D eigenvalue weighted by atomic mass is 10.2. The third-order valence-corrected chi connectivity index (χ3v) is 1.87. The summed E-state index contributed by atoms with van der Waals surface area (Å²) in [5.41, 5.74) is 7.05. The van der Waals surface area contributed by atoms with E-state index < -0.39 is 6.04 Å². The zero-order valence-electron chi connectivity index (χ0n) is 6.97. The molecule has 0 bridgehead atoms. The standard InChI is InChI=1S/C9H10N2O2/c10-6(5-12)9-4-7-8(13-9)2-1-3-11-7/h1-4,6,12H,5,10H2. The molecule has 1 unspecified atom stereocenters. The van der Waals surface area contributed by atoms with Gasteiger partial charge in [0.05, 0.1) is 12.6 Å². The van der Waals surface area contributed by atoms with E-state index in [4.69, 9.17) is 15.3 Å². The van der Waals surface area contributed by atoms with Crippen LogP contribution in [-0.4, -0.2) is 16.7 Å². The molecule has 0 aromatic carbocycles. The van der Waals surface area contributed by atoms with Crippen LogP contribution in [0, 0.1) is 0 Å². The van der Waals surface area contributed by atoms with Gasteiger partial charge in [0.1, 0.15) is 11.3 Å². The van der Waals surface area contributed by atoms with Crippen LogP contribution in [0.4, 0.5) is 0 Å². The molecule has 0 spiro atoms. The van der Waals surface area contributed by atoms with Crippen molar-refractivity contribution in [2.45, 2.75) is 6.04 Å². The molecular formula is C9H10N2O2. The zero-order chi connectivity index (χ0) is 9.26. The molecule has 13 heavy (non-hydrogen) atoms. The van der Waals surface area contributed by atoms with Crippen LogP contribution in [0.15, 0.2) is 28.8 Å². The predicted molar refractivity (Wildman–Crippen MR) is 48.0 cm³/mol. The summed E-state index contributed by atoms with van der Waals surface area (Å²) in [6, 6.07) is 4.89. The molecule has 2 heterocycles. The molecule has 1 atom stereocenters. The number of pyridine rings is 1. The summed E-state index contributed by atoms with van der Waals surface area (Å²) < 4.78 is 5.37. The van der Waals surface area contributed by atoms with Crippen molar-refractivity contribution in [1.82, 2.24) is 4.98 Å². The SMILES string of the molecule is NC(CO)c1cc2ncccc2o1. The van der Waals surface area contributed by atoms with Gasteiger partial charge in [0.15, 0.2) is 5.58 Å². The lowest BCUT2D eigenvalue weighted by Gasteiger charge is -2.01. The van der Waals surface area contributed by atoms with Crippen molar-refractivity contribution in [3.63, 3.8) is 0 Å². The van der Waals surface area contributed by atoms with E-state index in [1.54, 1.807) is 18.3 Å². The molecule has 0 saturated heterocycles. The minimum absolute atomic E-state index is 0.125. The molecule has 0 aliphatic carbocycles. The number of fused-ring (bicyclic) bond motifs is 1. The maximum atomic E-state index is 8.81. The number of aliphatic hydroxyl groups excluding tert-OH is 1. The number of nitrogens with zero attached hydrogens (tertiary/aromatic N) is 1. The summed E-state index contributed by atoms with van der Waals surface area (Å²) in [7, 11) is 0. The molecule has 68 valence electrons. The minimum Gasteiger partial charge on any atom is -0.458 e. The van der Waals surface area contributed by atoms with Crippen LogP contribution in [0.3, 0.4) is 0 Å². The van der Waals surface area contributed by atoms with Gasteiger partial charge in [-0.1, -0.05) is 0 Å². The number of rotatable bonds is 2. The topological polar surface area (TPSA) is 72.3 Å². The molecule has 0 amide bonds. The molecule has 4 nitrogen and oxygen atoms in total. The fraction of sp³-hybridized carbons (Fsp3) is 0.222. The van der Waals surface area contributed by atoms with Crippen LogP contribution in [0.5, 0.6) is 0 Å². The maximum absolute atomic E-state index is 8.81. The first-order valence-corrected chi connectivity index (χ1v) is 4.02. The zero-order valence-corrected chi connectivity index (χ0v) is 6.97. The first-order chi connectivity index (χ1) is 6.31. The highest BCUT2D eigenvalue weighted by molar-refractivity contribution is 5.72. The van der Waals surface area contributed by atoms with Crippen LogP contribution in [0.1, 0.15) is 11.8 Å². The summed E-state index contributed by atoms with van der Waals surface area (Å²) in [4.78, 5) is 4.09. The monoisotopic (exact) mass is 178 g/mol. The van der Waals surface area contributed by atoms with Gasteiger partial charge in [-0.3, -0.25) is 4.98 Å². The predicted octanol–water partition coefficient (Wildman–Crippen LogP) is 0.820. The molecule has 4 heteroatoms. The second-order valence-electron chi connectivity index (χ2n) is 2.82. The minimum atomic E-state index is -0.464. The van der Waals surface area contributed by atoms with E-state index in [0.717, 1.165) is 5.52 Å². The largest absolute Gasteiger partial charge is 0.458 e. The van der Waals surface area contributed by atoms with E-state index in [1.165, 1.54) is 0 Å². The van der Waals surface area contributed by atoms with Gasteiger partial charge in [0.2, 0.25) is 0 Å². The highest BCUT2D eigenvalue weighted by atomic mass is 16.3. The Morgan fingerprint density at radius 2 is 2.46 bits per heavy atom. The first kappa shape index (κ1) is 8.22. The Labute approximate surface area is 75.0 Å². The Kier molecular flexibility index (Phi) is 2.00. The fourth-order valence-corrected chi connectivity index (χ4v) is 1.16. The Balaban J connectivity index is 2.49. The third-order valence-electron chi connectivity index (χ3n) is 1.87. The first-order valence-electron chi connectivity index (χ1n) is 4.02. The van der Waals surface area contributed by atoms with Gasteiger partial charge in [-0.15, -0.1) is 0 Å². The summed E-state index contributed by atoms with van der Waals surface area (Å²) >= 11 is 0. The summed E-state index contributed by atoms with van der Waals surface area (Å²) in [6.07, 6.45) is 1.69. The van der Waals surface area contributed by atoms with E-state index in [9.17, 15) is 0 Å². The fourth-order valence-electron chi connectivity index (χ4n) is 1.16. The third kappa shape index (κ3) is 1.41. The van der Waals surface area contributed by atoms with E-state index in [0.29, 0.717) is 11.3 Å². The van der Waals surface area contributed by atoms with Crippen molar-refractivity contribution in [1.29, 1.82) is 0 Å². The Morgan fingerprint density at radius 3 is 3.15 bits per heavy atom. The van der Waals surface area contributed by atoms with Crippen molar-refractivity contribution >= 4 is 11.1 Å². The normalized spacial score (nSPS) is 13.4. The second kappa shape index (κ2) is 3.16. The summed E-state index contributed by atoms with van der Waals surface area (Å²) in [5.74, 6) is 0.566. The molecule has 2 rings (SSSR count). The smallest absolute Gasteiger partial charge is 0.152 e. The highest BCUT2D eigenvalue weighted by Crippen LogP contribution is 2.20. The molecule has 0 radical (unpaired) electrons. The van der Waals surface area contributed by atoms with Gasteiger partial charge < -0.3 is 15.3 Å². The lowest BCUT2D eigenvalue weighted by Crippen LogP contribution is -2.13. The van der Waals surface area contributed by atoms with Crippen LogP contribution in [0.2, 0.25) is 0 Å². The average Bonchev–Trinajstić information content (AvgIpc) is 2.59. The van der Waals surface area contributed by atoms with Crippen molar-refractivity contribution in [2.75, 3.05) is 6.61 Å². The molecule has 0 saturated carbocycles.